The van der Waals surface area contributed by atoms with Gasteiger partial charge in [-0.05, 0) is 12.8 Å². The molecule has 0 radical (unpaired) electrons. The highest BCUT2D eigenvalue weighted by Crippen LogP contribution is 2.18. The van der Waals surface area contributed by atoms with Gasteiger partial charge in [0.2, 0.25) is 0 Å². The zero-order valence-corrected chi connectivity index (χ0v) is 11.8. The monoisotopic (exact) mass is 286 g/mol. The van der Waals surface area contributed by atoms with Gasteiger partial charge in [0.1, 0.15) is 0 Å². The molecule has 1 N–H and O–H groups in total. The molecule has 0 spiro atoms. The van der Waals surface area contributed by atoms with Gasteiger partial charge in [-0.25, -0.2) is 4.79 Å². The van der Waals surface area contributed by atoms with Crippen molar-refractivity contribution in [3.8, 4) is 0 Å². The lowest BCUT2D eigenvalue weighted by atomic mass is 10.1. The molecule has 20 heavy (non-hydrogen) atoms. The van der Waals surface area contributed by atoms with E-state index in [0.29, 0.717) is 33.0 Å². The average Bonchev–Trinajstić information content (AvgIpc) is 2.46. The summed E-state index contributed by atoms with van der Waals surface area (Å²) in [4.78, 5) is 26.8. The lowest BCUT2D eigenvalue weighted by Crippen LogP contribution is -2.55. The van der Waals surface area contributed by atoms with Crippen LogP contribution >= 0.6 is 0 Å². The Hall–Kier alpha value is -1.34. The number of aliphatic carboxylic acids is 1. The van der Waals surface area contributed by atoms with Crippen molar-refractivity contribution >= 4 is 12.0 Å². The SMILES string of the molecule is CN(C(=O)N1CCOCC1CC(=O)O)C1CCOCC1. The Morgan fingerprint density at radius 1 is 1.25 bits per heavy atom. The fourth-order valence-corrected chi connectivity index (χ4v) is 2.71. The van der Waals surface area contributed by atoms with Crippen LogP contribution in [0, 0.1) is 0 Å². The number of morpholine rings is 1. The van der Waals surface area contributed by atoms with Gasteiger partial charge in [-0.3, -0.25) is 4.79 Å². The first-order valence-electron chi connectivity index (χ1n) is 7.00. The largest absolute Gasteiger partial charge is 0.481 e. The molecular weight excluding hydrogens is 264 g/mol. The average molecular weight is 286 g/mol. The van der Waals surface area contributed by atoms with Gasteiger partial charge in [-0.2, -0.15) is 0 Å². The molecule has 0 aromatic carbocycles. The molecule has 2 fully saturated rings. The smallest absolute Gasteiger partial charge is 0.320 e. The van der Waals surface area contributed by atoms with Crippen molar-refractivity contribution in [3.63, 3.8) is 0 Å². The second-order valence-electron chi connectivity index (χ2n) is 5.26. The van der Waals surface area contributed by atoms with Crippen LogP contribution in [0.15, 0.2) is 0 Å². The summed E-state index contributed by atoms with van der Waals surface area (Å²) in [6, 6.07) is -0.313. The number of carboxylic acid groups (broad SMARTS) is 1. The first-order valence-corrected chi connectivity index (χ1v) is 7.00. The van der Waals surface area contributed by atoms with E-state index in [-0.39, 0.29) is 24.5 Å². The second-order valence-corrected chi connectivity index (χ2v) is 5.26. The molecule has 2 rings (SSSR count). The van der Waals surface area contributed by atoms with Gasteiger partial charge in [0.25, 0.3) is 0 Å². The van der Waals surface area contributed by atoms with Gasteiger partial charge in [0.05, 0.1) is 25.7 Å². The van der Waals surface area contributed by atoms with Crippen LogP contribution < -0.4 is 0 Å². The molecule has 0 aromatic heterocycles. The van der Waals surface area contributed by atoms with E-state index < -0.39 is 5.97 Å². The van der Waals surface area contributed by atoms with Gasteiger partial charge in [-0.15, -0.1) is 0 Å². The quantitative estimate of drug-likeness (QED) is 0.812. The minimum absolute atomic E-state index is 0.0760. The van der Waals surface area contributed by atoms with Crippen LogP contribution in [0.5, 0.6) is 0 Å². The van der Waals surface area contributed by atoms with Gasteiger partial charge in [0, 0.05) is 32.8 Å². The minimum Gasteiger partial charge on any atom is -0.481 e. The van der Waals surface area contributed by atoms with E-state index in [0.717, 1.165) is 12.8 Å². The van der Waals surface area contributed by atoms with E-state index in [1.807, 2.05) is 0 Å². The number of carbonyl (C=O) groups is 2. The Morgan fingerprint density at radius 2 is 1.95 bits per heavy atom. The number of carbonyl (C=O) groups excluding carboxylic acids is 1. The van der Waals surface area contributed by atoms with Gasteiger partial charge < -0.3 is 24.4 Å². The van der Waals surface area contributed by atoms with Crippen LogP contribution in [0.1, 0.15) is 19.3 Å². The lowest BCUT2D eigenvalue weighted by molar-refractivity contribution is -0.139. The summed E-state index contributed by atoms with van der Waals surface area (Å²) in [5.74, 6) is -0.910. The van der Waals surface area contributed by atoms with Crippen LogP contribution in [-0.4, -0.2) is 79.0 Å². The summed E-state index contributed by atoms with van der Waals surface area (Å²) in [6.07, 6.45) is 1.58. The van der Waals surface area contributed by atoms with E-state index in [1.165, 1.54) is 0 Å². The molecule has 7 heteroatoms. The minimum atomic E-state index is -0.910. The van der Waals surface area contributed by atoms with Crippen molar-refractivity contribution in [1.82, 2.24) is 9.80 Å². The van der Waals surface area contributed by atoms with E-state index >= 15 is 0 Å². The maximum Gasteiger partial charge on any atom is 0.320 e. The summed E-state index contributed by atoms with van der Waals surface area (Å²) >= 11 is 0. The summed E-state index contributed by atoms with van der Waals surface area (Å²) < 4.78 is 10.6. The summed E-state index contributed by atoms with van der Waals surface area (Å²) in [7, 11) is 1.78. The normalized spacial score (nSPS) is 24.4. The number of hydrogen-bond acceptors (Lipinski definition) is 4. The van der Waals surface area contributed by atoms with Crippen LogP contribution in [0.3, 0.4) is 0 Å². The van der Waals surface area contributed by atoms with Crippen molar-refractivity contribution in [2.24, 2.45) is 0 Å². The Kier molecular flexibility index (Phi) is 5.19. The molecule has 2 aliphatic heterocycles. The number of carboxylic acids is 1. The third kappa shape index (κ3) is 3.61. The molecule has 0 saturated carbocycles. The highest BCUT2D eigenvalue weighted by atomic mass is 16.5. The predicted molar refractivity (Wildman–Crippen MR) is 70.6 cm³/mol. The maximum absolute atomic E-state index is 12.6. The molecular formula is C13H22N2O5. The molecule has 1 atom stereocenters. The number of urea groups is 1. The van der Waals surface area contributed by atoms with E-state index in [2.05, 4.69) is 0 Å². The Morgan fingerprint density at radius 3 is 2.60 bits per heavy atom. The zero-order chi connectivity index (χ0) is 14.5. The predicted octanol–water partition coefficient (Wildman–Crippen LogP) is 0.393. The molecule has 2 saturated heterocycles. The van der Waals surface area contributed by atoms with Crippen molar-refractivity contribution in [2.75, 3.05) is 40.0 Å². The Labute approximate surface area is 118 Å². The molecule has 7 nitrogen and oxygen atoms in total. The van der Waals surface area contributed by atoms with E-state index in [1.54, 1.807) is 16.8 Å². The molecule has 2 heterocycles. The number of hydrogen-bond donors (Lipinski definition) is 1. The number of ether oxygens (including phenoxy) is 2. The van der Waals surface area contributed by atoms with Crippen LogP contribution in [0.2, 0.25) is 0 Å². The Balaban J connectivity index is 1.98. The van der Waals surface area contributed by atoms with Crippen LogP contribution in [-0.2, 0) is 14.3 Å². The van der Waals surface area contributed by atoms with Crippen LogP contribution in [0.4, 0.5) is 4.79 Å². The van der Waals surface area contributed by atoms with E-state index in [4.69, 9.17) is 14.6 Å². The molecule has 0 bridgehead atoms. The fourth-order valence-electron chi connectivity index (χ4n) is 2.71. The van der Waals surface area contributed by atoms with Gasteiger partial charge in [0.15, 0.2) is 0 Å². The highest BCUT2D eigenvalue weighted by molar-refractivity contribution is 5.76. The molecule has 0 aliphatic carbocycles. The highest BCUT2D eigenvalue weighted by Gasteiger charge is 2.33. The Bertz CT molecular complexity index is 357. The third-order valence-electron chi connectivity index (χ3n) is 3.92. The number of rotatable bonds is 3. The molecule has 2 aliphatic rings. The van der Waals surface area contributed by atoms with Gasteiger partial charge >= 0.3 is 12.0 Å². The van der Waals surface area contributed by atoms with Gasteiger partial charge in [-0.1, -0.05) is 0 Å². The lowest BCUT2D eigenvalue weighted by Gasteiger charge is -2.40. The summed E-state index contributed by atoms with van der Waals surface area (Å²) in [5.41, 5.74) is 0. The standard InChI is InChI=1S/C13H22N2O5/c1-14(10-2-5-19-6-3-10)13(18)15-4-7-20-9-11(15)8-12(16)17/h10-11H,2-9H2,1H3,(H,16,17). The van der Waals surface area contributed by atoms with Crippen molar-refractivity contribution in [1.29, 1.82) is 0 Å². The van der Waals surface area contributed by atoms with Crippen molar-refractivity contribution < 1.29 is 24.2 Å². The maximum atomic E-state index is 12.6. The molecule has 1 unspecified atom stereocenters. The molecule has 0 aromatic rings. The fraction of sp³-hybridized carbons (Fsp3) is 0.846. The van der Waals surface area contributed by atoms with E-state index in [9.17, 15) is 9.59 Å². The first kappa shape index (κ1) is 15.1. The van der Waals surface area contributed by atoms with Crippen molar-refractivity contribution in [2.45, 2.75) is 31.3 Å². The number of nitrogens with zero attached hydrogens (tertiary/aromatic N) is 2. The topological polar surface area (TPSA) is 79.3 Å². The third-order valence-corrected chi connectivity index (χ3v) is 3.92. The second kappa shape index (κ2) is 6.90. The number of amides is 2. The first-order chi connectivity index (χ1) is 9.59. The van der Waals surface area contributed by atoms with Crippen LogP contribution in [0.25, 0.3) is 0 Å². The summed E-state index contributed by atoms with van der Waals surface area (Å²) in [5, 5.41) is 8.93. The zero-order valence-electron chi connectivity index (χ0n) is 11.8. The summed E-state index contributed by atoms with van der Waals surface area (Å²) in [6.45, 7) is 2.54. The molecule has 2 amide bonds. The molecule has 114 valence electrons. The van der Waals surface area contributed by atoms with Crippen molar-refractivity contribution in [3.05, 3.63) is 0 Å².